The number of rotatable bonds is 7. The van der Waals surface area contributed by atoms with Crippen molar-refractivity contribution in [2.45, 2.75) is 4.90 Å². The number of hydrogen-bond acceptors (Lipinski definition) is 4. The van der Waals surface area contributed by atoms with Crippen molar-refractivity contribution in [3.8, 4) is 5.75 Å². The fraction of sp³-hybridized carbons (Fsp3) is 0.0952. The molecule has 0 heterocycles. The first kappa shape index (κ1) is 21.8. The van der Waals surface area contributed by atoms with E-state index in [1.54, 1.807) is 42.5 Å². The summed E-state index contributed by atoms with van der Waals surface area (Å²) in [5.41, 5.74) is 0.190. The second kappa shape index (κ2) is 9.27. The van der Waals surface area contributed by atoms with Gasteiger partial charge in [-0.15, -0.1) is 0 Å². The van der Waals surface area contributed by atoms with Crippen LogP contribution in [0.4, 0.5) is 15.8 Å². The van der Waals surface area contributed by atoms with Gasteiger partial charge in [-0.1, -0.05) is 40.2 Å². The predicted octanol–water partition coefficient (Wildman–Crippen LogP) is 4.43. The van der Waals surface area contributed by atoms with Gasteiger partial charge in [0.15, 0.2) is 0 Å². The summed E-state index contributed by atoms with van der Waals surface area (Å²) in [6, 6.07) is 18.3. The van der Waals surface area contributed by atoms with Gasteiger partial charge in [-0.2, -0.15) is 0 Å². The second-order valence-electron chi connectivity index (χ2n) is 6.20. The maximum atomic E-state index is 14.1. The minimum atomic E-state index is -4.07. The maximum Gasteiger partial charge on any atom is 0.264 e. The molecule has 1 N–H and O–H groups in total. The zero-order valence-electron chi connectivity index (χ0n) is 15.9. The van der Waals surface area contributed by atoms with Crippen LogP contribution < -0.4 is 14.4 Å². The van der Waals surface area contributed by atoms with Crippen LogP contribution >= 0.6 is 15.9 Å². The van der Waals surface area contributed by atoms with Gasteiger partial charge in [-0.25, -0.2) is 12.8 Å². The molecule has 3 aromatic carbocycles. The van der Waals surface area contributed by atoms with E-state index in [9.17, 15) is 17.6 Å². The van der Waals surface area contributed by atoms with E-state index in [-0.39, 0.29) is 16.3 Å². The highest BCUT2D eigenvalue weighted by atomic mass is 79.9. The van der Waals surface area contributed by atoms with Crippen molar-refractivity contribution < 1.29 is 22.3 Å². The molecule has 0 saturated heterocycles. The standard InChI is InChI=1S/C21H18BrFN2O4S/c1-29-17-7-5-6-16(13-17)25(30(27,28)18-8-3-2-4-9-18)14-21(26)24-20-11-10-15(22)12-19(20)23/h2-13H,14H2,1H3,(H,24,26). The SMILES string of the molecule is COc1cccc(N(CC(=O)Nc2ccc(Br)cc2F)S(=O)(=O)c2ccccc2)c1. The zero-order valence-corrected chi connectivity index (χ0v) is 18.3. The Morgan fingerprint density at radius 3 is 2.47 bits per heavy atom. The van der Waals surface area contributed by atoms with Gasteiger partial charge in [-0.05, 0) is 42.5 Å². The Bertz CT molecular complexity index is 1160. The summed E-state index contributed by atoms with van der Waals surface area (Å²) in [6.07, 6.45) is 0. The average molecular weight is 493 g/mol. The van der Waals surface area contributed by atoms with Gasteiger partial charge in [0.25, 0.3) is 10.0 Å². The van der Waals surface area contributed by atoms with Gasteiger partial charge >= 0.3 is 0 Å². The quantitative estimate of drug-likeness (QED) is 0.529. The van der Waals surface area contributed by atoms with Crippen molar-refractivity contribution in [1.29, 1.82) is 0 Å². The van der Waals surface area contributed by atoms with Crippen LogP contribution in [0.1, 0.15) is 0 Å². The van der Waals surface area contributed by atoms with Gasteiger partial charge in [-0.3, -0.25) is 9.10 Å². The number of halogens is 2. The molecular weight excluding hydrogens is 475 g/mol. The molecule has 6 nitrogen and oxygen atoms in total. The van der Waals surface area contributed by atoms with E-state index in [0.717, 1.165) is 4.31 Å². The van der Waals surface area contributed by atoms with Gasteiger partial charge in [0.2, 0.25) is 5.91 Å². The third kappa shape index (κ3) is 4.98. The number of carbonyl (C=O) groups is 1. The molecule has 0 aliphatic carbocycles. The van der Waals surface area contributed by atoms with Crippen molar-refractivity contribution >= 4 is 43.2 Å². The van der Waals surface area contributed by atoms with Crippen molar-refractivity contribution in [2.75, 3.05) is 23.3 Å². The molecule has 9 heteroatoms. The number of nitrogens with zero attached hydrogens (tertiary/aromatic N) is 1. The number of benzene rings is 3. The number of anilines is 2. The Balaban J connectivity index is 1.96. The molecule has 156 valence electrons. The van der Waals surface area contributed by atoms with Crippen molar-refractivity contribution in [3.05, 3.63) is 83.1 Å². The predicted molar refractivity (Wildman–Crippen MR) is 117 cm³/mol. The van der Waals surface area contributed by atoms with E-state index >= 15 is 0 Å². The Morgan fingerprint density at radius 2 is 1.80 bits per heavy atom. The lowest BCUT2D eigenvalue weighted by molar-refractivity contribution is -0.114. The first-order valence-electron chi connectivity index (χ1n) is 8.78. The van der Waals surface area contributed by atoms with Crippen LogP contribution in [0.2, 0.25) is 0 Å². The van der Waals surface area contributed by atoms with E-state index in [1.165, 1.54) is 37.4 Å². The lowest BCUT2D eigenvalue weighted by Crippen LogP contribution is -2.38. The molecule has 30 heavy (non-hydrogen) atoms. The topological polar surface area (TPSA) is 75.7 Å². The fourth-order valence-electron chi connectivity index (χ4n) is 2.71. The summed E-state index contributed by atoms with van der Waals surface area (Å²) in [5, 5.41) is 2.42. The van der Waals surface area contributed by atoms with Crippen LogP contribution in [0.3, 0.4) is 0 Å². The normalized spacial score (nSPS) is 11.0. The lowest BCUT2D eigenvalue weighted by atomic mass is 10.3. The number of methoxy groups -OCH3 is 1. The minimum Gasteiger partial charge on any atom is -0.497 e. The molecule has 0 spiro atoms. The second-order valence-corrected chi connectivity index (χ2v) is 8.98. The third-order valence-electron chi connectivity index (χ3n) is 4.16. The van der Waals surface area contributed by atoms with Crippen molar-refractivity contribution in [2.24, 2.45) is 0 Å². The number of ether oxygens (including phenoxy) is 1. The summed E-state index contributed by atoms with van der Waals surface area (Å²) >= 11 is 3.15. The highest BCUT2D eigenvalue weighted by Crippen LogP contribution is 2.27. The molecule has 1 amide bonds. The molecule has 0 fully saturated rings. The lowest BCUT2D eigenvalue weighted by Gasteiger charge is -2.24. The highest BCUT2D eigenvalue weighted by Gasteiger charge is 2.27. The van der Waals surface area contributed by atoms with Crippen molar-refractivity contribution in [1.82, 2.24) is 0 Å². The molecule has 0 aliphatic heterocycles. The van der Waals surface area contributed by atoms with Crippen LogP contribution in [0, 0.1) is 5.82 Å². The van der Waals surface area contributed by atoms with Crippen LogP contribution in [0.15, 0.2) is 82.2 Å². The number of nitrogens with one attached hydrogen (secondary N) is 1. The van der Waals surface area contributed by atoms with E-state index < -0.39 is 28.3 Å². The largest absolute Gasteiger partial charge is 0.497 e. The Morgan fingerprint density at radius 1 is 1.07 bits per heavy atom. The van der Waals surface area contributed by atoms with Crippen molar-refractivity contribution in [3.63, 3.8) is 0 Å². The van der Waals surface area contributed by atoms with Gasteiger partial charge in [0, 0.05) is 10.5 Å². The monoisotopic (exact) mass is 492 g/mol. The first-order valence-corrected chi connectivity index (χ1v) is 11.0. The molecule has 0 radical (unpaired) electrons. The Labute approximate surface area is 182 Å². The molecule has 3 aromatic rings. The van der Waals surface area contributed by atoms with Crippen LogP contribution in [0.25, 0.3) is 0 Å². The first-order chi connectivity index (χ1) is 14.3. The summed E-state index contributed by atoms with van der Waals surface area (Å²) in [4.78, 5) is 12.7. The van der Waals surface area contributed by atoms with Crippen LogP contribution in [-0.2, 0) is 14.8 Å². The molecule has 0 aliphatic rings. The molecule has 0 unspecified atom stereocenters. The van der Waals surface area contributed by atoms with Gasteiger partial charge in [0.1, 0.15) is 18.1 Å². The maximum absolute atomic E-state index is 14.1. The number of sulfonamides is 1. The van der Waals surface area contributed by atoms with E-state index in [0.29, 0.717) is 10.2 Å². The van der Waals surface area contributed by atoms with E-state index in [2.05, 4.69) is 21.2 Å². The molecule has 3 rings (SSSR count). The average Bonchev–Trinajstić information content (AvgIpc) is 2.74. The Hall–Kier alpha value is -2.91. The number of amides is 1. The highest BCUT2D eigenvalue weighted by molar-refractivity contribution is 9.10. The summed E-state index contributed by atoms with van der Waals surface area (Å²) in [7, 11) is -2.61. The zero-order chi connectivity index (χ0) is 21.7. The van der Waals surface area contributed by atoms with Gasteiger partial charge < -0.3 is 10.1 Å². The van der Waals surface area contributed by atoms with Crippen LogP contribution in [0.5, 0.6) is 5.75 Å². The minimum absolute atomic E-state index is 0.0236. The summed E-state index contributed by atoms with van der Waals surface area (Å²) in [5.74, 6) is -0.907. The fourth-order valence-corrected chi connectivity index (χ4v) is 4.48. The summed E-state index contributed by atoms with van der Waals surface area (Å²) in [6.45, 7) is -0.556. The van der Waals surface area contributed by atoms with Gasteiger partial charge in [0.05, 0.1) is 23.4 Å². The van der Waals surface area contributed by atoms with Crippen LogP contribution in [-0.4, -0.2) is 28.0 Å². The van der Waals surface area contributed by atoms with E-state index in [4.69, 9.17) is 4.74 Å². The molecule has 0 saturated carbocycles. The van der Waals surface area contributed by atoms with E-state index in [1.807, 2.05) is 0 Å². The third-order valence-corrected chi connectivity index (χ3v) is 6.45. The summed E-state index contributed by atoms with van der Waals surface area (Å²) < 4.78 is 47.2. The molecular formula is C21H18BrFN2O4S. The molecule has 0 aromatic heterocycles. The number of hydrogen-bond donors (Lipinski definition) is 1. The number of carbonyl (C=O) groups excluding carboxylic acids is 1. The molecule has 0 bridgehead atoms. The molecule has 0 atom stereocenters. The Kier molecular flexibility index (Phi) is 6.73. The smallest absolute Gasteiger partial charge is 0.264 e.